The lowest BCUT2D eigenvalue weighted by molar-refractivity contribution is -0.123. The molecule has 1 heterocycles. The minimum absolute atomic E-state index is 0.381. The summed E-state index contributed by atoms with van der Waals surface area (Å²) in [5.74, 6) is 0.333. The Balaban J connectivity index is 2.61. The van der Waals surface area contributed by atoms with Gasteiger partial charge in [-0.05, 0) is 26.8 Å². The lowest BCUT2D eigenvalue weighted by Crippen LogP contribution is -2.50. The van der Waals surface area contributed by atoms with E-state index in [2.05, 4.69) is 15.3 Å². The fourth-order valence-electron chi connectivity index (χ4n) is 1.00. The third-order valence-corrected chi connectivity index (χ3v) is 2.16. The van der Waals surface area contributed by atoms with Crippen LogP contribution in [-0.4, -0.2) is 21.4 Å². The van der Waals surface area contributed by atoms with Crippen molar-refractivity contribution in [2.24, 2.45) is 5.73 Å². The highest BCUT2D eigenvalue weighted by Crippen LogP contribution is 2.02. The number of hydrogen-bond acceptors (Lipinski definition) is 4. The maximum absolute atomic E-state index is 11.0. The number of primary amides is 1. The van der Waals surface area contributed by atoms with Crippen molar-refractivity contribution in [3.05, 3.63) is 23.8 Å². The third kappa shape index (κ3) is 3.28. The highest BCUT2D eigenvalue weighted by Gasteiger charge is 2.23. The summed E-state index contributed by atoms with van der Waals surface area (Å²) < 4.78 is 0. The maximum atomic E-state index is 11.0. The smallest absolute Gasteiger partial charge is 0.237 e. The van der Waals surface area contributed by atoms with Gasteiger partial charge >= 0.3 is 0 Å². The molecule has 0 aliphatic rings. The van der Waals surface area contributed by atoms with Crippen LogP contribution < -0.4 is 11.1 Å². The van der Waals surface area contributed by atoms with Gasteiger partial charge in [0, 0.05) is 12.7 Å². The summed E-state index contributed by atoms with van der Waals surface area (Å²) >= 11 is 0. The van der Waals surface area contributed by atoms with E-state index < -0.39 is 5.54 Å². The number of aryl methyl sites for hydroxylation is 1. The Bertz CT molecular complexity index is 362. The predicted octanol–water partition coefficient (Wildman–Crippen LogP) is 0.139. The zero-order chi connectivity index (χ0) is 11.5. The number of hydrogen-bond donors (Lipinski definition) is 2. The minimum Gasteiger partial charge on any atom is -0.368 e. The molecule has 82 valence electrons. The van der Waals surface area contributed by atoms with Crippen molar-refractivity contribution < 1.29 is 4.79 Å². The van der Waals surface area contributed by atoms with E-state index in [1.54, 1.807) is 26.1 Å². The van der Waals surface area contributed by atoms with Gasteiger partial charge in [-0.2, -0.15) is 0 Å². The second-order valence-corrected chi connectivity index (χ2v) is 3.94. The highest BCUT2D eigenvalue weighted by molar-refractivity contribution is 5.83. The van der Waals surface area contributed by atoms with Gasteiger partial charge in [-0.3, -0.25) is 10.1 Å². The van der Waals surface area contributed by atoms with Gasteiger partial charge in [-0.15, -0.1) is 0 Å². The first-order valence-electron chi connectivity index (χ1n) is 4.75. The van der Waals surface area contributed by atoms with Gasteiger partial charge in [-0.1, -0.05) is 0 Å². The Kier molecular flexibility index (Phi) is 3.36. The monoisotopic (exact) mass is 208 g/mol. The molecule has 3 N–H and O–H groups in total. The van der Waals surface area contributed by atoms with E-state index in [1.807, 2.05) is 6.92 Å². The Labute approximate surface area is 89.1 Å². The van der Waals surface area contributed by atoms with Gasteiger partial charge in [0.1, 0.15) is 5.82 Å². The minimum atomic E-state index is -0.723. The van der Waals surface area contributed by atoms with Crippen molar-refractivity contribution >= 4 is 5.91 Å². The Morgan fingerprint density at radius 3 is 2.80 bits per heavy atom. The summed E-state index contributed by atoms with van der Waals surface area (Å²) in [4.78, 5) is 19.2. The molecular weight excluding hydrogens is 192 g/mol. The molecule has 0 saturated heterocycles. The number of nitrogens with zero attached hydrogens (tertiary/aromatic N) is 2. The summed E-state index contributed by atoms with van der Waals surface area (Å²) in [5, 5.41) is 3.04. The number of amides is 1. The van der Waals surface area contributed by atoms with Crippen LogP contribution in [0.2, 0.25) is 0 Å². The fourth-order valence-corrected chi connectivity index (χ4v) is 1.00. The zero-order valence-electron chi connectivity index (χ0n) is 9.24. The number of rotatable bonds is 4. The SMILES string of the molecule is Cc1nccc(CNC(C)(C)C(N)=O)n1. The van der Waals surface area contributed by atoms with Crippen LogP contribution in [0.3, 0.4) is 0 Å². The first kappa shape index (κ1) is 11.6. The van der Waals surface area contributed by atoms with Gasteiger partial charge in [0.15, 0.2) is 0 Å². The van der Waals surface area contributed by atoms with Crippen molar-refractivity contribution in [1.29, 1.82) is 0 Å². The van der Waals surface area contributed by atoms with E-state index >= 15 is 0 Å². The lowest BCUT2D eigenvalue weighted by atomic mass is 10.1. The van der Waals surface area contributed by atoms with E-state index in [0.717, 1.165) is 5.69 Å². The van der Waals surface area contributed by atoms with E-state index in [0.29, 0.717) is 12.4 Å². The largest absolute Gasteiger partial charge is 0.368 e. The maximum Gasteiger partial charge on any atom is 0.237 e. The second kappa shape index (κ2) is 4.35. The molecule has 5 heteroatoms. The third-order valence-electron chi connectivity index (χ3n) is 2.16. The van der Waals surface area contributed by atoms with Gasteiger partial charge in [0.25, 0.3) is 0 Å². The molecule has 5 nitrogen and oxygen atoms in total. The molecule has 1 amide bonds. The van der Waals surface area contributed by atoms with Crippen LogP contribution in [-0.2, 0) is 11.3 Å². The van der Waals surface area contributed by atoms with Crippen LogP contribution in [0.15, 0.2) is 12.3 Å². The van der Waals surface area contributed by atoms with E-state index in [9.17, 15) is 4.79 Å². The van der Waals surface area contributed by atoms with E-state index in [-0.39, 0.29) is 5.91 Å². The first-order chi connectivity index (χ1) is 6.92. The van der Waals surface area contributed by atoms with E-state index in [4.69, 9.17) is 5.73 Å². The molecule has 0 aliphatic carbocycles. The molecule has 15 heavy (non-hydrogen) atoms. The van der Waals surface area contributed by atoms with Crippen molar-refractivity contribution in [2.75, 3.05) is 0 Å². The molecular formula is C10H16N4O. The summed E-state index contributed by atoms with van der Waals surface area (Å²) in [6.07, 6.45) is 1.69. The number of nitrogens with one attached hydrogen (secondary N) is 1. The molecule has 0 fully saturated rings. The molecule has 0 spiro atoms. The summed E-state index contributed by atoms with van der Waals surface area (Å²) in [5.41, 5.74) is 5.35. The van der Waals surface area contributed by atoms with Crippen molar-refractivity contribution in [1.82, 2.24) is 15.3 Å². The number of carbonyl (C=O) groups excluding carboxylic acids is 1. The van der Waals surface area contributed by atoms with Crippen LogP contribution in [0.4, 0.5) is 0 Å². The molecule has 1 aromatic heterocycles. The average Bonchev–Trinajstić information content (AvgIpc) is 2.15. The molecule has 1 rings (SSSR count). The first-order valence-corrected chi connectivity index (χ1v) is 4.75. The molecule has 0 atom stereocenters. The number of aromatic nitrogens is 2. The van der Waals surface area contributed by atoms with Crippen LogP contribution in [0.5, 0.6) is 0 Å². The Morgan fingerprint density at radius 1 is 1.60 bits per heavy atom. The van der Waals surface area contributed by atoms with Crippen LogP contribution in [0.1, 0.15) is 25.4 Å². The van der Waals surface area contributed by atoms with E-state index in [1.165, 1.54) is 0 Å². The molecule has 0 radical (unpaired) electrons. The van der Waals surface area contributed by atoms with Gasteiger partial charge in [0.05, 0.1) is 11.2 Å². The fraction of sp³-hybridized carbons (Fsp3) is 0.500. The second-order valence-electron chi connectivity index (χ2n) is 3.94. The lowest BCUT2D eigenvalue weighted by Gasteiger charge is -2.21. The topological polar surface area (TPSA) is 80.9 Å². The number of carbonyl (C=O) groups is 1. The molecule has 0 saturated carbocycles. The Morgan fingerprint density at radius 2 is 2.27 bits per heavy atom. The van der Waals surface area contributed by atoms with Crippen molar-refractivity contribution in [2.45, 2.75) is 32.9 Å². The number of nitrogens with two attached hydrogens (primary N) is 1. The molecule has 0 unspecified atom stereocenters. The van der Waals surface area contributed by atoms with Gasteiger partial charge in [0.2, 0.25) is 5.91 Å². The summed E-state index contributed by atoms with van der Waals surface area (Å²) in [6, 6.07) is 1.80. The van der Waals surface area contributed by atoms with Crippen molar-refractivity contribution in [3.63, 3.8) is 0 Å². The quantitative estimate of drug-likeness (QED) is 0.737. The highest BCUT2D eigenvalue weighted by atomic mass is 16.1. The van der Waals surface area contributed by atoms with Crippen LogP contribution in [0.25, 0.3) is 0 Å². The summed E-state index contributed by atoms with van der Waals surface area (Å²) in [6.45, 7) is 5.80. The predicted molar refractivity (Wildman–Crippen MR) is 56.9 cm³/mol. The molecule has 0 aromatic carbocycles. The normalized spacial score (nSPS) is 11.4. The molecule has 0 bridgehead atoms. The average molecular weight is 208 g/mol. The van der Waals surface area contributed by atoms with Gasteiger partial charge < -0.3 is 5.73 Å². The van der Waals surface area contributed by atoms with Crippen molar-refractivity contribution in [3.8, 4) is 0 Å². The summed E-state index contributed by atoms with van der Waals surface area (Å²) in [7, 11) is 0. The van der Waals surface area contributed by atoms with Crippen LogP contribution >= 0.6 is 0 Å². The van der Waals surface area contributed by atoms with Crippen LogP contribution in [0, 0.1) is 6.92 Å². The molecule has 1 aromatic rings. The standard InChI is InChI=1S/C10H16N4O/c1-7-12-5-4-8(14-7)6-13-10(2,3)9(11)15/h4-5,13H,6H2,1-3H3,(H2,11,15). The molecule has 0 aliphatic heterocycles. The Hall–Kier alpha value is -1.49. The van der Waals surface area contributed by atoms with Gasteiger partial charge in [-0.25, -0.2) is 9.97 Å². The zero-order valence-corrected chi connectivity index (χ0v) is 9.24.